The fourth-order valence-corrected chi connectivity index (χ4v) is 2.62. The van der Waals surface area contributed by atoms with Crippen LogP contribution in [0, 0.1) is 6.92 Å². The number of rotatable bonds is 5. The summed E-state index contributed by atoms with van der Waals surface area (Å²) in [6.45, 7) is 2.78. The van der Waals surface area contributed by atoms with E-state index in [2.05, 4.69) is 10.3 Å². The van der Waals surface area contributed by atoms with E-state index in [1.54, 1.807) is 12.4 Å². The molecule has 1 aliphatic rings. The van der Waals surface area contributed by atoms with Crippen molar-refractivity contribution >= 4 is 12.0 Å². The van der Waals surface area contributed by atoms with Gasteiger partial charge in [0.2, 0.25) is 5.91 Å². The number of cyclic esters (lactones) is 1. The van der Waals surface area contributed by atoms with Crippen molar-refractivity contribution in [3.63, 3.8) is 0 Å². The average Bonchev–Trinajstić information content (AvgIpc) is 2.99. The van der Waals surface area contributed by atoms with Crippen LogP contribution >= 0.6 is 0 Å². The lowest BCUT2D eigenvalue weighted by atomic mass is 9.98. The van der Waals surface area contributed by atoms with Crippen molar-refractivity contribution in [2.24, 2.45) is 0 Å². The molecule has 1 N–H and O–H groups in total. The number of hydrogen-bond donors (Lipinski definition) is 1. The molecule has 1 aromatic carbocycles. The Kier molecular flexibility index (Phi) is 4.74. The summed E-state index contributed by atoms with van der Waals surface area (Å²) in [5.74, 6) is -0.226. The third-order valence-electron chi connectivity index (χ3n) is 3.93. The van der Waals surface area contributed by atoms with Crippen LogP contribution in [0.3, 0.4) is 0 Å². The number of aryl methyl sites for hydroxylation is 1. The van der Waals surface area contributed by atoms with Gasteiger partial charge in [-0.1, -0.05) is 29.8 Å². The number of ether oxygens (including phenoxy) is 1. The van der Waals surface area contributed by atoms with Crippen LogP contribution in [0.15, 0.2) is 48.8 Å². The van der Waals surface area contributed by atoms with Crippen molar-refractivity contribution in [3.8, 4) is 0 Å². The van der Waals surface area contributed by atoms with E-state index in [-0.39, 0.29) is 18.5 Å². The van der Waals surface area contributed by atoms with Crippen LogP contribution in [-0.2, 0) is 9.53 Å². The van der Waals surface area contributed by atoms with E-state index in [0.717, 1.165) is 16.7 Å². The minimum atomic E-state index is -0.444. The summed E-state index contributed by atoms with van der Waals surface area (Å²) in [6, 6.07) is 11.4. The summed E-state index contributed by atoms with van der Waals surface area (Å²) in [4.78, 5) is 29.3. The first-order valence-corrected chi connectivity index (χ1v) is 7.81. The minimum Gasteiger partial charge on any atom is -0.448 e. The van der Waals surface area contributed by atoms with Gasteiger partial charge in [0.05, 0.1) is 12.6 Å². The third kappa shape index (κ3) is 3.71. The first-order valence-electron chi connectivity index (χ1n) is 7.81. The Balaban J connectivity index is 1.78. The maximum Gasteiger partial charge on any atom is 0.410 e. The number of aromatic nitrogens is 1. The summed E-state index contributed by atoms with van der Waals surface area (Å²) in [7, 11) is 0. The molecule has 0 radical (unpaired) electrons. The summed E-state index contributed by atoms with van der Waals surface area (Å²) in [6.07, 6.45) is 2.95. The van der Waals surface area contributed by atoms with Gasteiger partial charge in [0.15, 0.2) is 0 Å². The van der Waals surface area contributed by atoms with Gasteiger partial charge in [0, 0.05) is 12.4 Å². The first-order chi connectivity index (χ1) is 11.6. The van der Waals surface area contributed by atoms with Crippen molar-refractivity contribution in [3.05, 3.63) is 65.5 Å². The fourth-order valence-electron chi connectivity index (χ4n) is 2.62. The highest BCUT2D eigenvalue weighted by atomic mass is 16.6. The summed E-state index contributed by atoms with van der Waals surface area (Å²) in [5, 5.41) is 3.00. The predicted octanol–water partition coefficient (Wildman–Crippen LogP) is 2.05. The highest BCUT2D eigenvalue weighted by Gasteiger charge is 2.25. The van der Waals surface area contributed by atoms with Gasteiger partial charge >= 0.3 is 6.09 Å². The number of pyridine rings is 1. The zero-order valence-electron chi connectivity index (χ0n) is 13.4. The number of amides is 2. The van der Waals surface area contributed by atoms with Gasteiger partial charge in [0.25, 0.3) is 0 Å². The van der Waals surface area contributed by atoms with Crippen LogP contribution in [-0.4, -0.2) is 41.6 Å². The molecule has 6 nitrogen and oxygen atoms in total. The van der Waals surface area contributed by atoms with Gasteiger partial charge in [-0.2, -0.15) is 0 Å². The monoisotopic (exact) mass is 325 g/mol. The maximum atomic E-state index is 12.4. The van der Waals surface area contributed by atoms with E-state index < -0.39 is 6.09 Å². The molecule has 0 saturated carbocycles. The SMILES string of the molecule is Cc1ccc(C(NC(=O)CN2CCOC2=O)c2ccncc2)cc1. The maximum absolute atomic E-state index is 12.4. The van der Waals surface area contributed by atoms with Gasteiger partial charge in [-0.25, -0.2) is 4.79 Å². The molecule has 1 fully saturated rings. The highest BCUT2D eigenvalue weighted by Crippen LogP contribution is 2.22. The van der Waals surface area contributed by atoms with Crippen molar-refractivity contribution in [1.82, 2.24) is 15.2 Å². The van der Waals surface area contributed by atoms with E-state index in [9.17, 15) is 9.59 Å². The van der Waals surface area contributed by atoms with Crippen LogP contribution in [0.5, 0.6) is 0 Å². The van der Waals surface area contributed by atoms with Gasteiger partial charge < -0.3 is 10.1 Å². The predicted molar refractivity (Wildman–Crippen MR) is 88.3 cm³/mol. The molecule has 1 aromatic heterocycles. The Morgan fingerprint density at radius 3 is 2.50 bits per heavy atom. The van der Waals surface area contributed by atoms with Crippen molar-refractivity contribution < 1.29 is 14.3 Å². The Labute approximate surface area is 140 Å². The van der Waals surface area contributed by atoms with E-state index >= 15 is 0 Å². The Morgan fingerprint density at radius 1 is 1.21 bits per heavy atom. The van der Waals surface area contributed by atoms with Gasteiger partial charge in [0.1, 0.15) is 13.2 Å². The smallest absolute Gasteiger partial charge is 0.410 e. The molecule has 0 bridgehead atoms. The van der Waals surface area contributed by atoms with Gasteiger partial charge in [-0.05, 0) is 30.2 Å². The molecule has 2 aromatic rings. The molecule has 0 spiro atoms. The lowest BCUT2D eigenvalue weighted by Crippen LogP contribution is -2.39. The quantitative estimate of drug-likeness (QED) is 0.913. The molecular formula is C18H19N3O3. The zero-order valence-corrected chi connectivity index (χ0v) is 13.4. The van der Waals surface area contributed by atoms with Crippen LogP contribution in [0.1, 0.15) is 22.7 Å². The lowest BCUT2D eigenvalue weighted by Gasteiger charge is -2.21. The lowest BCUT2D eigenvalue weighted by molar-refractivity contribution is -0.122. The molecule has 124 valence electrons. The number of hydrogen-bond acceptors (Lipinski definition) is 4. The van der Waals surface area contributed by atoms with Crippen molar-refractivity contribution in [2.75, 3.05) is 19.7 Å². The molecule has 1 saturated heterocycles. The number of carbonyl (C=O) groups is 2. The molecular weight excluding hydrogens is 306 g/mol. The second-order valence-corrected chi connectivity index (χ2v) is 5.73. The van der Waals surface area contributed by atoms with Gasteiger partial charge in [-0.15, -0.1) is 0 Å². The average molecular weight is 325 g/mol. The van der Waals surface area contributed by atoms with E-state index in [1.165, 1.54) is 4.90 Å². The topological polar surface area (TPSA) is 71.5 Å². The molecule has 1 atom stereocenters. The zero-order chi connectivity index (χ0) is 16.9. The number of carbonyl (C=O) groups excluding carboxylic acids is 2. The van der Waals surface area contributed by atoms with Crippen LogP contribution in [0.4, 0.5) is 4.79 Å². The summed E-state index contributed by atoms with van der Waals surface area (Å²) >= 11 is 0. The van der Waals surface area contributed by atoms with Crippen molar-refractivity contribution in [1.29, 1.82) is 0 Å². The highest BCUT2D eigenvalue weighted by molar-refractivity contribution is 5.83. The van der Waals surface area contributed by atoms with Crippen LogP contribution in [0.2, 0.25) is 0 Å². The Morgan fingerprint density at radius 2 is 1.88 bits per heavy atom. The second-order valence-electron chi connectivity index (χ2n) is 5.73. The number of nitrogens with zero attached hydrogens (tertiary/aromatic N) is 2. The molecule has 1 aliphatic heterocycles. The van der Waals surface area contributed by atoms with E-state index in [1.807, 2.05) is 43.3 Å². The second kappa shape index (κ2) is 7.12. The standard InChI is InChI=1S/C18H19N3O3/c1-13-2-4-14(5-3-13)17(15-6-8-19-9-7-15)20-16(22)12-21-10-11-24-18(21)23/h2-9,17H,10-12H2,1H3,(H,20,22). The summed E-state index contributed by atoms with van der Waals surface area (Å²) < 4.78 is 4.85. The molecule has 3 rings (SSSR count). The molecule has 1 unspecified atom stereocenters. The minimum absolute atomic E-state index is 0.00766. The molecule has 24 heavy (non-hydrogen) atoms. The van der Waals surface area contributed by atoms with Gasteiger partial charge in [-0.3, -0.25) is 14.7 Å². The molecule has 2 heterocycles. The number of nitrogens with one attached hydrogen (secondary N) is 1. The van der Waals surface area contributed by atoms with Crippen LogP contribution < -0.4 is 5.32 Å². The van der Waals surface area contributed by atoms with E-state index in [4.69, 9.17) is 4.74 Å². The molecule has 2 amide bonds. The van der Waals surface area contributed by atoms with Crippen LogP contribution in [0.25, 0.3) is 0 Å². The van der Waals surface area contributed by atoms with E-state index in [0.29, 0.717) is 13.2 Å². The largest absolute Gasteiger partial charge is 0.448 e. The summed E-state index contributed by atoms with van der Waals surface area (Å²) in [5.41, 5.74) is 3.06. The molecule has 6 heteroatoms. The van der Waals surface area contributed by atoms with Crippen molar-refractivity contribution in [2.45, 2.75) is 13.0 Å². The molecule has 0 aliphatic carbocycles. The Bertz CT molecular complexity index is 716. The normalized spacial score (nSPS) is 15.0. The Hall–Kier alpha value is -2.89. The third-order valence-corrected chi connectivity index (χ3v) is 3.93. The number of benzene rings is 1. The fraction of sp³-hybridized carbons (Fsp3) is 0.278. The first kappa shape index (κ1) is 16.0.